The van der Waals surface area contributed by atoms with E-state index < -0.39 is 21.9 Å². The maximum absolute atomic E-state index is 14.5. The molecule has 3 aliphatic heterocycles. The average Bonchev–Trinajstić information content (AvgIpc) is 3.52. The molecule has 3 amide bonds. The predicted molar refractivity (Wildman–Crippen MR) is 195 cm³/mol. The van der Waals surface area contributed by atoms with Crippen LogP contribution in [0.2, 0.25) is 0 Å². The topological polar surface area (TPSA) is 110 Å². The van der Waals surface area contributed by atoms with E-state index in [9.17, 15) is 13.8 Å². The van der Waals surface area contributed by atoms with Crippen LogP contribution in [0.5, 0.6) is 5.75 Å². The Morgan fingerprint density at radius 3 is 2.72 bits per heavy atom. The number of nitrogens with zero attached hydrogens (tertiary/aromatic N) is 3. The van der Waals surface area contributed by atoms with Crippen LogP contribution < -0.4 is 14.4 Å². The summed E-state index contributed by atoms with van der Waals surface area (Å²) >= 11 is 0. The van der Waals surface area contributed by atoms with Crippen molar-refractivity contribution in [3.63, 3.8) is 0 Å². The zero-order valence-electron chi connectivity index (χ0n) is 29.9. The largest absolute Gasteiger partial charge is 0.490 e. The number of ether oxygens (including phenoxy) is 3. The third-order valence-electron chi connectivity index (χ3n) is 11.7. The van der Waals surface area contributed by atoms with E-state index in [2.05, 4.69) is 51.3 Å². The molecule has 1 N–H and O–H groups in total. The molecule has 1 saturated carbocycles. The molecule has 3 heterocycles. The molecular formula is C39H52N4O6S. The molecule has 50 heavy (non-hydrogen) atoms. The smallest absolute Gasteiger partial charge is 0.329 e. The second-order valence-electron chi connectivity index (χ2n) is 15.3. The summed E-state index contributed by atoms with van der Waals surface area (Å²) < 4.78 is 39.7. The summed E-state index contributed by atoms with van der Waals surface area (Å²) in [7, 11) is -0.0668. The second-order valence-corrected chi connectivity index (χ2v) is 17.3. The number of carbonyl (C=O) groups excluding carboxylic acids is 2. The minimum Gasteiger partial charge on any atom is -0.490 e. The number of benzene rings is 2. The maximum atomic E-state index is 14.5. The van der Waals surface area contributed by atoms with Gasteiger partial charge in [0.15, 0.2) is 0 Å². The van der Waals surface area contributed by atoms with Gasteiger partial charge >= 0.3 is 6.03 Å². The Bertz CT molecular complexity index is 1770. The number of amides is 3. The summed E-state index contributed by atoms with van der Waals surface area (Å²) in [4.78, 5) is 31.4. The zero-order valence-corrected chi connectivity index (χ0v) is 30.7. The van der Waals surface area contributed by atoms with Crippen LogP contribution in [0.1, 0.15) is 72.5 Å². The normalized spacial score (nSPS) is 33.3. The number of hydrogen-bond donors (Lipinski definition) is 1. The number of urea groups is 1. The van der Waals surface area contributed by atoms with Crippen LogP contribution in [0.4, 0.5) is 10.5 Å². The van der Waals surface area contributed by atoms with E-state index in [1.165, 1.54) is 16.7 Å². The highest BCUT2D eigenvalue weighted by atomic mass is 32.2. The Balaban J connectivity index is 1.28. The molecule has 2 fully saturated rings. The standard InChI is InChI=1S/C39H52N4O6S/c1-26-10-14-33-28(19-26)8-6-17-39(33)24-43-21-30-11-13-32(30)35(48-4)9-5-7-27(2)23-50(46,41-38(45)42-18-16-31(22-42)47-3)40-37(44)29-12-15-36(49-25-39)34(43)20-29/h5,9-10,12,14-15,19-20,27,30-32,35H,6-8,11,13,16-18,21-25H2,1-4H3,(H,40,41,44,45,46)/b9-5+/t27-,30-,31+,32+,35-,39-,50?/m0/s1. The molecule has 0 radical (unpaired) electrons. The molecule has 7 atom stereocenters. The van der Waals surface area contributed by atoms with E-state index in [4.69, 9.17) is 14.2 Å². The lowest BCUT2D eigenvalue weighted by Crippen LogP contribution is -2.49. The number of allylic oxidation sites excluding steroid dienone is 1. The fourth-order valence-electron chi connectivity index (χ4n) is 8.83. The molecule has 2 aliphatic carbocycles. The van der Waals surface area contributed by atoms with Crippen molar-refractivity contribution in [3.05, 3.63) is 70.8 Å². The van der Waals surface area contributed by atoms with Crippen molar-refractivity contribution < 1.29 is 28.0 Å². The lowest BCUT2D eigenvalue weighted by atomic mass is 9.68. The van der Waals surface area contributed by atoms with Gasteiger partial charge in [0.1, 0.15) is 15.7 Å². The summed E-state index contributed by atoms with van der Waals surface area (Å²) in [6.45, 7) is 7.15. The summed E-state index contributed by atoms with van der Waals surface area (Å²) in [6.07, 6.45) is 10.8. The van der Waals surface area contributed by atoms with Gasteiger partial charge in [-0.1, -0.05) is 42.8 Å². The van der Waals surface area contributed by atoms with Gasteiger partial charge in [0.2, 0.25) is 0 Å². The molecule has 11 heteroatoms. The number of aryl methyl sites for hydroxylation is 2. The molecule has 5 aliphatic rings. The Hall–Kier alpha value is -3.41. The Morgan fingerprint density at radius 2 is 1.96 bits per heavy atom. The van der Waals surface area contributed by atoms with Gasteiger partial charge in [0, 0.05) is 51.4 Å². The molecule has 1 saturated heterocycles. The Labute approximate surface area is 297 Å². The van der Waals surface area contributed by atoms with Crippen LogP contribution in [0, 0.1) is 24.7 Å². The van der Waals surface area contributed by atoms with Gasteiger partial charge in [0.05, 0.1) is 30.3 Å². The lowest BCUT2D eigenvalue weighted by molar-refractivity contribution is 0.0131. The number of likely N-dealkylation sites (tertiary alicyclic amines) is 1. The molecule has 2 bridgehead atoms. The molecule has 270 valence electrons. The van der Waals surface area contributed by atoms with Gasteiger partial charge in [-0.05, 0) is 98.9 Å². The first kappa shape index (κ1) is 35.0. The van der Waals surface area contributed by atoms with Crippen LogP contribution in [0.15, 0.2) is 52.9 Å². The van der Waals surface area contributed by atoms with E-state index >= 15 is 0 Å². The molecule has 0 aromatic heterocycles. The van der Waals surface area contributed by atoms with E-state index in [1.54, 1.807) is 25.2 Å². The summed E-state index contributed by atoms with van der Waals surface area (Å²) in [6, 6.07) is 11.8. The minimum atomic E-state index is -3.47. The van der Waals surface area contributed by atoms with Crippen LogP contribution in [0.25, 0.3) is 0 Å². The van der Waals surface area contributed by atoms with E-state index in [-0.39, 0.29) is 29.3 Å². The molecular weight excluding hydrogens is 653 g/mol. The van der Waals surface area contributed by atoms with Crippen LogP contribution >= 0.6 is 0 Å². The zero-order chi connectivity index (χ0) is 35.0. The lowest BCUT2D eigenvalue weighted by Gasteiger charge is -2.46. The molecule has 10 nitrogen and oxygen atoms in total. The predicted octanol–water partition coefficient (Wildman–Crippen LogP) is 6.06. The van der Waals surface area contributed by atoms with Gasteiger partial charge in [-0.2, -0.15) is 0 Å². The van der Waals surface area contributed by atoms with Gasteiger partial charge in [-0.15, -0.1) is 4.36 Å². The van der Waals surface area contributed by atoms with Gasteiger partial charge in [-0.3, -0.25) is 9.52 Å². The van der Waals surface area contributed by atoms with Gasteiger partial charge in [0.25, 0.3) is 5.91 Å². The first-order chi connectivity index (χ1) is 24.1. The van der Waals surface area contributed by atoms with E-state index in [0.29, 0.717) is 49.9 Å². The first-order valence-corrected chi connectivity index (χ1v) is 20.0. The van der Waals surface area contributed by atoms with Crippen LogP contribution in [-0.2, 0) is 31.2 Å². The number of nitrogens with one attached hydrogen (secondary N) is 1. The van der Waals surface area contributed by atoms with E-state index in [1.807, 2.05) is 19.1 Å². The third kappa shape index (κ3) is 7.05. The number of fused-ring (bicyclic) bond motifs is 4. The molecule has 7 rings (SSSR count). The fraction of sp³-hybridized carbons (Fsp3) is 0.590. The highest BCUT2D eigenvalue weighted by Gasteiger charge is 2.44. The Morgan fingerprint density at radius 1 is 1.10 bits per heavy atom. The van der Waals surface area contributed by atoms with Crippen molar-refractivity contribution in [1.82, 2.24) is 9.62 Å². The van der Waals surface area contributed by atoms with Crippen molar-refractivity contribution in [1.29, 1.82) is 0 Å². The number of carbonyl (C=O) groups is 2. The van der Waals surface area contributed by atoms with Gasteiger partial charge in [-0.25, -0.2) is 9.00 Å². The molecule has 1 spiro atoms. The maximum Gasteiger partial charge on any atom is 0.329 e. The first-order valence-electron chi connectivity index (χ1n) is 18.3. The third-order valence-corrected chi connectivity index (χ3v) is 13.7. The van der Waals surface area contributed by atoms with Gasteiger partial charge < -0.3 is 24.0 Å². The Kier molecular flexibility index (Phi) is 10.0. The van der Waals surface area contributed by atoms with Crippen molar-refractivity contribution in [3.8, 4) is 5.75 Å². The highest BCUT2D eigenvalue weighted by Crippen LogP contribution is 2.47. The van der Waals surface area contributed by atoms with Crippen molar-refractivity contribution in [2.75, 3.05) is 57.7 Å². The minimum absolute atomic E-state index is 0.0329. The number of anilines is 1. The summed E-state index contributed by atoms with van der Waals surface area (Å²) in [5.74, 6) is 0.841. The summed E-state index contributed by atoms with van der Waals surface area (Å²) in [5, 5.41) is 0. The number of rotatable bonds is 3. The van der Waals surface area contributed by atoms with Crippen LogP contribution in [0.3, 0.4) is 0 Å². The second kappa shape index (κ2) is 14.3. The molecule has 1 unspecified atom stereocenters. The highest BCUT2D eigenvalue weighted by molar-refractivity contribution is 7.92. The van der Waals surface area contributed by atoms with Crippen molar-refractivity contribution >= 4 is 27.5 Å². The average molecular weight is 705 g/mol. The van der Waals surface area contributed by atoms with Crippen molar-refractivity contribution in [2.24, 2.45) is 22.1 Å². The van der Waals surface area contributed by atoms with E-state index in [0.717, 1.165) is 56.6 Å². The SMILES string of the molecule is CO[C@@H]1CCN(C(=O)NS2(=O)=NC(=O)c3ccc4c(c3)N(C[C@@H]3CC[C@H]3[C@@H](OC)/C=C/C[C@H](C)C2)C[C@@]2(CCCc3cc(C)ccc32)CO4)C1. The molecule has 2 aromatic carbocycles. The number of hydrogen-bond acceptors (Lipinski definition) is 7. The van der Waals surface area contributed by atoms with Crippen molar-refractivity contribution in [2.45, 2.75) is 76.4 Å². The quantitative estimate of drug-likeness (QED) is 0.387. The summed E-state index contributed by atoms with van der Waals surface area (Å²) in [5.41, 5.74) is 5.03. The monoisotopic (exact) mass is 704 g/mol. The van der Waals surface area contributed by atoms with Crippen LogP contribution in [-0.4, -0.2) is 86.0 Å². The fourth-order valence-corrected chi connectivity index (χ4v) is 10.7. The molecule has 2 aromatic rings. The number of methoxy groups -OCH3 is 2.